The molecule has 0 radical (unpaired) electrons. The number of hydrogen-bond donors (Lipinski definition) is 1. The standard InChI is InChI=1S/C17H19ClN2O/c1-11-6-2-5-9-15(11)20-17(21)14-10-19-16(18)13-8-4-3-7-12(13)14/h3-4,7-8,10-11,15H,2,5-6,9H2,1H3,(H,20,21). The molecular formula is C17H19ClN2O. The summed E-state index contributed by atoms with van der Waals surface area (Å²) in [5.41, 5.74) is 0.604. The third-order valence-corrected chi connectivity index (χ3v) is 4.72. The summed E-state index contributed by atoms with van der Waals surface area (Å²) < 4.78 is 0. The van der Waals surface area contributed by atoms with Gasteiger partial charge in [0, 0.05) is 17.6 Å². The Bertz CT molecular complexity index is 671. The second kappa shape index (κ2) is 6.02. The Kier molecular flexibility index (Phi) is 4.11. The largest absolute Gasteiger partial charge is 0.349 e. The predicted octanol–water partition coefficient (Wildman–Crippen LogP) is 4.20. The van der Waals surface area contributed by atoms with Gasteiger partial charge in [0.25, 0.3) is 5.91 Å². The fourth-order valence-corrected chi connectivity index (χ4v) is 3.33. The quantitative estimate of drug-likeness (QED) is 0.845. The second-order valence-corrected chi connectivity index (χ2v) is 6.21. The van der Waals surface area contributed by atoms with E-state index in [2.05, 4.69) is 17.2 Å². The maximum atomic E-state index is 12.6. The molecule has 4 heteroatoms. The average Bonchev–Trinajstić information content (AvgIpc) is 2.50. The highest BCUT2D eigenvalue weighted by Gasteiger charge is 2.24. The van der Waals surface area contributed by atoms with Gasteiger partial charge in [0.1, 0.15) is 5.15 Å². The third-order valence-electron chi connectivity index (χ3n) is 4.42. The maximum Gasteiger partial charge on any atom is 0.253 e. The Morgan fingerprint density at radius 2 is 1.95 bits per heavy atom. The molecule has 2 atom stereocenters. The first-order valence-electron chi connectivity index (χ1n) is 7.51. The van der Waals surface area contributed by atoms with Crippen molar-refractivity contribution < 1.29 is 4.79 Å². The lowest BCUT2D eigenvalue weighted by Gasteiger charge is -2.29. The van der Waals surface area contributed by atoms with Gasteiger partial charge in [0.05, 0.1) is 5.56 Å². The fraction of sp³-hybridized carbons (Fsp3) is 0.412. The number of pyridine rings is 1. The summed E-state index contributed by atoms with van der Waals surface area (Å²) in [5.74, 6) is 0.489. The topological polar surface area (TPSA) is 42.0 Å². The van der Waals surface area contributed by atoms with Crippen molar-refractivity contribution in [3.8, 4) is 0 Å². The molecule has 2 unspecified atom stereocenters. The maximum absolute atomic E-state index is 12.6. The van der Waals surface area contributed by atoms with E-state index in [1.165, 1.54) is 19.3 Å². The Balaban J connectivity index is 1.89. The van der Waals surface area contributed by atoms with Crippen LogP contribution in [0.4, 0.5) is 0 Å². The lowest BCUT2D eigenvalue weighted by Crippen LogP contribution is -2.41. The van der Waals surface area contributed by atoms with Crippen LogP contribution in [0.2, 0.25) is 5.15 Å². The summed E-state index contributed by atoms with van der Waals surface area (Å²) in [6.45, 7) is 2.21. The van der Waals surface area contributed by atoms with Crippen LogP contribution in [0.1, 0.15) is 43.0 Å². The normalized spacial score (nSPS) is 22.2. The van der Waals surface area contributed by atoms with Crippen molar-refractivity contribution in [2.45, 2.75) is 38.6 Å². The van der Waals surface area contributed by atoms with E-state index >= 15 is 0 Å². The minimum Gasteiger partial charge on any atom is -0.349 e. The number of hydrogen-bond acceptors (Lipinski definition) is 2. The molecule has 1 aromatic heterocycles. The summed E-state index contributed by atoms with van der Waals surface area (Å²) in [4.78, 5) is 16.7. The van der Waals surface area contributed by atoms with E-state index in [9.17, 15) is 4.79 Å². The van der Waals surface area contributed by atoms with Crippen LogP contribution in [0.3, 0.4) is 0 Å². The number of nitrogens with one attached hydrogen (secondary N) is 1. The number of rotatable bonds is 2. The average molecular weight is 303 g/mol. The zero-order valence-electron chi connectivity index (χ0n) is 12.1. The van der Waals surface area contributed by atoms with Gasteiger partial charge in [0.15, 0.2) is 0 Å². The molecule has 1 amide bonds. The van der Waals surface area contributed by atoms with E-state index < -0.39 is 0 Å². The fourth-order valence-electron chi connectivity index (χ4n) is 3.12. The predicted molar refractivity (Wildman–Crippen MR) is 85.6 cm³/mol. The molecule has 2 aromatic rings. The molecule has 0 aliphatic heterocycles. The zero-order chi connectivity index (χ0) is 14.8. The highest BCUT2D eigenvalue weighted by Crippen LogP contribution is 2.26. The van der Waals surface area contributed by atoms with Crippen LogP contribution in [-0.4, -0.2) is 16.9 Å². The van der Waals surface area contributed by atoms with Gasteiger partial charge in [-0.3, -0.25) is 4.79 Å². The summed E-state index contributed by atoms with van der Waals surface area (Å²) in [7, 11) is 0. The van der Waals surface area contributed by atoms with Gasteiger partial charge in [-0.15, -0.1) is 0 Å². The van der Waals surface area contributed by atoms with Gasteiger partial charge >= 0.3 is 0 Å². The Labute approximate surface area is 129 Å². The van der Waals surface area contributed by atoms with E-state index in [0.717, 1.165) is 17.2 Å². The van der Waals surface area contributed by atoms with E-state index in [-0.39, 0.29) is 11.9 Å². The number of carbonyl (C=O) groups excluding carboxylic acids is 1. The molecule has 21 heavy (non-hydrogen) atoms. The van der Waals surface area contributed by atoms with Crippen LogP contribution in [0.25, 0.3) is 10.8 Å². The molecule has 3 rings (SSSR count). The van der Waals surface area contributed by atoms with Crippen LogP contribution in [0.5, 0.6) is 0 Å². The number of amides is 1. The number of aromatic nitrogens is 1. The van der Waals surface area contributed by atoms with Gasteiger partial charge in [-0.1, -0.05) is 55.6 Å². The van der Waals surface area contributed by atoms with Crippen molar-refractivity contribution in [2.24, 2.45) is 5.92 Å². The molecule has 0 bridgehead atoms. The smallest absolute Gasteiger partial charge is 0.253 e. The SMILES string of the molecule is CC1CCCCC1NC(=O)c1cnc(Cl)c2ccccc12. The number of benzene rings is 1. The van der Waals surface area contributed by atoms with E-state index in [4.69, 9.17) is 11.6 Å². The van der Waals surface area contributed by atoms with Gasteiger partial charge in [0.2, 0.25) is 0 Å². The van der Waals surface area contributed by atoms with Crippen LogP contribution < -0.4 is 5.32 Å². The van der Waals surface area contributed by atoms with Crippen LogP contribution in [-0.2, 0) is 0 Å². The van der Waals surface area contributed by atoms with Crippen molar-refractivity contribution in [1.29, 1.82) is 0 Å². The molecule has 1 heterocycles. The highest BCUT2D eigenvalue weighted by atomic mass is 35.5. The summed E-state index contributed by atoms with van der Waals surface area (Å²) in [6, 6.07) is 7.90. The highest BCUT2D eigenvalue weighted by molar-refractivity contribution is 6.34. The first kappa shape index (κ1) is 14.3. The van der Waals surface area contributed by atoms with Crippen LogP contribution in [0, 0.1) is 5.92 Å². The first-order valence-corrected chi connectivity index (χ1v) is 7.88. The molecule has 0 saturated heterocycles. The molecule has 1 saturated carbocycles. The monoisotopic (exact) mass is 302 g/mol. The minimum atomic E-state index is -0.0471. The number of halogens is 1. The molecular weight excluding hydrogens is 284 g/mol. The summed E-state index contributed by atoms with van der Waals surface area (Å²) in [5, 5.41) is 5.30. The van der Waals surface area contributed by atoms with Gasteiger partial charge in [-0.2, -0.15) is 0 Å². The minimum absolute atomic E-state index is 0.0471. The van der Waals surface area contributed by atoms with Gasteiger partial charge in [-0.25, -0.2) is 4.98 Å². The summed E-state index contributed by atoms with van der Waals surface area (Å²) in [6.07, 6.45) is 6.28. The van der Waals surface area contributed by atoms with Crippen LogP contribution in [0.15, 0.2) is 30.5 Å². The zero-order valence-corrected chi connectivity index (χ0v) is 12.9. The molecule has 3 nitrogen and oxygen atoms in total. The molecule has 1 aromatic carbocycles. The Morgan fingerprint density at radius 1 is 1.24 bits per heavy atom. The Morgan fingerprint density at radius 3 is 2.71 bits per heavy atom. The van der Waals surface area contributed by atoms with E-state index in [1.807, 2.05) is 24.3 Å². The Hall–Kier alpha value is -1.61. The first-order chi connectivity index (χ1) is 10.2. The molecule has 1 N–H and O–H groups in total. The van der Waals surface area contributed by atoms with Crippen molar-refractivity contribution in [3.63, 3.8) is 0 Å². The lowest BCUT2D eigenvalue weighted by molar-refractivity contribution is 0.0911. The molecule has 110 valence electrons. The molecule has 1 fully saturated rings. The van der Waals surface area contributed by atoms with E-state index in [1.54, 1.807) is 6.20 Å². The van der Waals surface area contributed by atoms with Crippen molar-refractivity contribution in [3.05, 3.63) is 41.2 Å². The number of nitrogens with zero attached hydrogens (tertiary/aromatic N) is 1. The van der Waals surface area contributed by atoms with Crippen LogP contribution >= 0.6 is 11.6 Å². The third kappa shape index (κ3) is 2.88. The summed E-state index contributed by atoms with van der Waals surface area (Å²) >= 11 is 6.11. The van der Waals surface area contributed by atoms with E-state index in [0.29, 0.717) is 16.6 Å². The molecule has 1 aliphatic carbocycles. The van der Waals surface area contributed by atoms with Crippen molar-refractivity contribution >= 4 is 28.3 Å². The lowest BCUT2D eigenvalue weighted by atomic mass is 9.86. The van der Waals surface area contributed by atoms with Crippen molar-refractivity contribution in [1.82, 2.24) is 10.3 Å². The second-order valence-electron chi connectivity index (χ2n) is 5.85. The molecule has 0 spiro atoms. The number of carbonyl (C=O) groups is 1. The van der Waals surface area contributed by atoms with Crippen molar-refractivity contribution in [2.75, 3.05) is 0 Å². The number of fused-ring (bicyclic) bond motifs is 1. The van der Waals surface area contributed by atoms with Gasteiger partial charge < -0.3 is 5.32 Å². The van der Waals surface area contributed by atoms with Gasteiger partial charge in [-0.05, 0) is 24.1 Å². The molecule has 1 aliphatic rings.